The van der Waals surface area contributed by atoms with Crippen LogP contribution in [0.4, 0.5) is 17.6 Å². The van der Waals surface area contributed by atoms with E-state index < -0.39 is 23.3 Å². The molecule has 8 bridgehead atoms. The SMILES string of the molecule is Fc1ccccc1C1=Cc2cc3ccc(cc4nc(cc5[nH]c(c(-c6ccccc6F)c1n2)c(-c1ccccc1F)c5-c1ccccc1F)C=C4)[nH]3. The lowest BCUT2D eigenvalue weighted by Gasteiger charge is -2.13. The second-order valence-corrected chi connectivity index (χ2v) is 12.5. The molecule has 0 saturated carbocycles. The first-order valence-electron chi connectivity index (χ1n) is 16.6. The molecule has 2 N–H and O–H groups in total. The molecule has 2 aliphatic heterocycles. The average Bonchev–Trinajstić information content (AvgIpc) is 3.95. The predicted molar refractivity (Wildman–Crippen MR) is 199 cm³/mol. The molecule has 9 rings (SSSR count). The zero-order chi connectivity index (χ0) is 35.3. The molecule has 0 fully saturated rings. The van der Waals surface area contributed by atoms with E-state index in [-0.39, 0.29) is 44.6 Å². The van der Waals surface area contributed by atoms with Gasteiger partial charge in [-0.05, 0) is 72.8 Å². The first-order chi connectivity index (χ1) is 25.4. The highest BCUT2D eigenvalue weighted by molar-refractivity contribution is 6.11. The number of nitrogens with zero attached hydrogens (tertiary/aromatic N) is 2. The highest BCUT2D eigenvalue weighted by atomic mass is 19.1. The van der Waals surface area contributed by atoms with Gasteiger partial charge < -0.3 is 9.97 Å². The number of benzene rings is 4. The molecule has 0 atom stereocenters. The lowest BCUT2D eigenvalue weighted by molar-refractivity contribution is 0.624. The zero-order valence-electron chi connectivity index (χ0n) is 27.3. The Kier molecular flexibility index (Phi) is 7.51. The smallest absolute Gasteiger partial charge is 0.131 e. The normalized spacial score (nSPS) is 12.3. The van der Waals surface area contributed by atoms with Gasteiger partial charge in [-0.15, -0.1) is 0 Å². The van der Waals surface area contributed by atoms with E-state index >= 15 is 17.6 Å². The van der Waals surface area contributed by atoms with Crippen LogP contribution in [0.15, 0.2) is 127 Å². The first-order valence-corrected chi connectivity index (χ1v) is 16.6. The fourth-order valence-corrected chi connectivity index (χ4v) is 6.94. The highest BCUT2D eigenvalue weighted by Gasteiger charge is 2.28. The van der Waals surface area contributed by atoms with Crippen LogP contribution in [0.25, 0.3) is 79.2 Å². The van der Waals surface area contributed by atoms with Crippen LogP contribution in [0.2, 0.25) is 0 Å². The third kappa shape index (κ3) is 5.41. The maximum atomic E-state index is 16.3. The van der Waals surface area contributed by atoms with Crippen molar-refractivity contribution in [2.75, 3.05) is 0 Å². The van der Waals surface area contributed by atoms with Crippen molar-refractivity contribution in [2.24, 2.45) is 0 Å². The number of hydrogen-bond acceptors (Lipinski definition) is 2. The van der Waals surface area contributed by atoms with Gasteiger partial charge in [0.1, 0.15) is 23.3 Å². The minimum absolute atomic E-state index is 0.127. The molecule has 0 spiro atoms. The van der Waals surface area contributed by atoms with Gasteiger partial charge in [-0.25, -0.2) is 27.5 Å². The summed E-state index contributed by atoms with van der Waals surface area (Å²) < 4.78 is 64.2. The van der Waals surface area contributed by atoms with Crippen LogP contribution in [0.5, 0.6) is 0 Å². The summed E-state index contributed by atoms with van der Waals surface area (Å²) in [7, 11) is 0. The van der Waals surface area contributed by atoms with Gasteiger partial charge in [-0.3, -0.25) is 0 Å². The highest BCUT2D eigenvalue weighted by Crippen LogP contribution is 2.47. The maximum absolute atomic E-state index is 16.3. The molecule has 52 heavy (non-hydrogen) atoms. The fourth-order valence-electron chi connectivity index (χ4n) is 6.94. The summed E-state index contributed by atoms with van der Waals surface area (Å²) in [5, 5.41) is 0. The van der Waals surface area contributed by atoms with Gasteiger partial charge in [-0.2, -0.15) is 0 Å². The molecule has 4 nitrogen and oxygen atoms in total. The monoisotopic (exact) mass is 686 g/mol. The molecule has 0 aliphatic carbocycles. The van der Waals surface area contributed by atoms with E-state index in [1.54, 1.807) is 84.9 Å². The molecule has 7 aromatic rings. The van der Waals surface area contributed by atoms with Gasteiger partial charge in [0.15, 0.2) is 0 Å². The number of H-pyrrole nitrogens is 2. The van der Waals surface area contributed by atoms with E-state index in [9.17, 15) is 0 Å². The molecule has 4 aromatic carbocycles. The summed E-state index contributed by atoms with van der Waals surface area (Å²) in [6.45, 7) is 0. The summed E-state index contributed by atoms with van der Waals surface area (Å²) in [5.74, 6) is -2.20. The standard InChI is InChI=1S/C44H26F4N4/c45-35-13-5-1-9-30(35)34-23-29-22-27-18-17-25(49-27)21-26-19-20-28(50-26)24-39-40(31-10-2-6-14-36(31)46)41(32-11-3-7-15-37(32)47)44(52-39)42(43(34)51-29)33-12-4-8-16-38(33)48/h1-24,49,52H. The molecule has 0 saturated heterocycles. The van der Waals surface area contributed by atoms with Gasteiger partial charge in [0.05, 0.1) is 28.3 Å². The topological polar surface area (TPSA) is 57.4 Å². The number of halogens is 4. The van der Waals surface area contributed by atoms with E-state index in [2.05, 4.69) is 9.97 Å². The van der Waals surface area contributed by atoms with Crippen LogP contribution >= 0.6 is 0 Å². The second kappa shape index (κ2) is 12.5. The number of hydrogen-bond donors (Lipinski definition) is 2. The largest absolute Gasteiger partial charge is 0.355 e. The molecule has 5 heterocycles. The number of aromatic amines is 2. The van der Waals surface area contributed by atoms with E-state index in [1.165, 1.54) is 24.3 Å². The lowest BCUT2D eigenvalue weighted by atomic mass is 9.90. The van der Waals surface area contributed by atoms with Crippen LogP contribution in [0.3, 0.4) is 0 Å². The number of aromatic nitrogens is 4. The molecule has 0 unspecified atom stereocenters. The summed E-state index contributed by atoms with van der Waals surface area (Å²) in [6.07, 6.45) is 5.44. The quantitative estimate of drug-likeness (QED) is 0.181. The summed E-state index contributed by atoms with van der Waals surface area (Å²) in [5.41, 5.74) is 6.05. The van der Waals surface area contributed by atoms with Crippen molar-refractivity contribution >= 4 is 45.9 Å². The van der Waals surface area contributed by atoms with Gasteiger partial charge in [-0.1, -0.05) is 72.8 Å². The molecule has 2 aliphatic rings. The van der Waals surface area contributed by atoms with Crippen molar-refractivity contribution in [1.82, 2.24) is 19.9 Å². The fraction of sp³-hybridized carbons (Fsp3) is 0. The minimum atomic E-state index is -0.584. The van der Waals surface area contributed by atoms with E-state index in [4.69, 9.17) is 9.97 Å². The van der Waals surface area contributed by atoms with Crippen LogP contribution in [-0.2, 0) is 0 Å². The third-order valence-corrected chi connectivity index (χ3v) is 9.21. The molecule has 0 radical (unpaired) electrons. The summed E-state index contributed by atoms with van der Waals surface area (Å²) >= 11 is 0. The van der Waals surface area contributed by atoms with Gasteiger partial charge >= 0.3 is 0 Å². The second-order valence-electron chi connectivity index (χ2n) is 12.5. The molecule has 3 aromatic heterocycles. The lowest BCUT2D eigenvalue weighted by Crippen LogP contribution is -1.97. The van der Waals surface area contributed by atoms with Crippen molar-refractivity contribution in [3.05, 3.63) is 179 Å². The van der Waals surface area contributed by atoms with Gasteiger partial charge in [0, 0.05) is 61.1 Å². The molecular weight excluding hydrogens is 661 g/mol. The van der Waals surface area contributed by atoms with Crippen molar-refractivity contribution in [3.63, 3.8) is 0 Å². The summed E-state index contributed by atoms with van der Waals surface area (Å²) in [6, 6.07) is 34.2. The summed E-state index contributed by atoms with van der Waals surface area (Å²) in [4.78, 5) is 16.7. The Labute approximate surface area is 295 Å². The average molecular weight is 687 g/mol. The van der Waals surface area contributed by atoms with Crippen molar-refractivity contribution in [1.29, 1.82) is 0 Å². The minimum Gasteiger partial charge on any atom is -0.355 e. The predicted octanol–water partition coefficient (Wildman–Crippen LogP) is 11.6. The zero-order valence-corrected chi connectivity index (χ0v) is 27.3. The molecule has 0 amide bonds. The molecule has 250 valence electrons. The Morgan fingerprint density at radius 1 is 0.423 bits per heavy atom. The van der Waals surface area contributed by atoms with E-state index in [0.717, 1.165) is 11.0 Å². The van der Waals surface area contributed by atoms with Crippen molar-refractivity contribution in [2.45, 2.75) is 0 Å². The first kappa shape index (κ1) is 31.2. The Morgan fingerprint density at radius 2 is 0.904 bits per heavy atom. The molecule has 8 heteroatoms. The van der Waals surface area contributed by atoms with Crippen LogP contribution < -0.4 is 0 Å². The van der Waals surface area contributed by atoms with Crippen molar-refractivity contribution < 1.29 is 17.6 Å². The number of fused-ring (bicyclic) bond motifs is 8. The van der Waals surface area contributed by atoms with E-state index in [0.29, 0.717) is 33.7 Å². The maximum Gasteiger partial charge on any atom is 0.131 e. The third-order valence-electron chi connectivity index (χ3n) is 9.21. The van der Waals surface area contributed by atoms with Crippen LogP contribution in [0, 0.1) is 23.3 Å². The van der Waals surface area contributed by atoms with Crippen LogP contribution in [0.1, 0.15) is 28.3 Å². The number of nitrogens with one attached hydrogen (secondary N) is 2. The Balaban J connectivity index is 1.58. The molecular formula is C44H26F4N4. The van der Waals surface area contributed by atoms with Crippen LogP contribution in [-0.4, -0.2) is 19.9 Å². The van der Waals surface area contributed by atoms with Crippen molar-refractivity contribution in [3.8, 4) is 33.4 Å². The number of rotatable bonds is 4. The Morgan fingerprint density at radius 3 is 1.48 bits per heavy atom. The van der Waals surface area contributed by atoms with Gasteiger partial charge in [0.2, 0.25) is 0 Å². The van der Waals surface area contributed by atoms with E-state index in [1.807, 2.05) is 36.4 Å². The Hall–Kier alpha value is -6.80. The van der Waals surface area contributed by atoms with Gasteiger partial charge in [0.25, 0.3) is 0 Å². The Bertz CT molecular complexity index is 2810.